The number of rotatable bonds is 7. The van der Waals surface area contributed by atoms with E-state index in [1.165, 1.54) is 19.2 Å². The van der Waals surface area contributed by atoms with Crippen molar-refractivity contribution in [1.82, 2.24) is 10.0 Å². The highest BCUT2D eigenvalue weighted by Gasteiger charge is 2.27. The zero-order valence-corrected chi connectivity index (χ0v) is 19.4. The normalized spacial score (nSPS) is 11.9. The molecule has 3 rings (SSSR count). The van der Waals surface area contributed by atoms with Crippen molar-refractivity contribution in [1.29, 1.82) is 0 Å². The lowest BCUT2D eigenvalue weighted by Crippen LogP contribution is -2.40. The van der Waals surface area contributed by atoms with Gasteiger partial charge in [-0.3, -0.25) is 4.79 Å². The van der Waals surface area contributed by atoms with Crippen molar-refractivity contribution in [3.8, 4) is 5.75 Å². The third-order valence-corrected chi connectivity index (χ3v) is 6.48. The van der Waals surface area contributed by atoms with Gasteiger partial charge in [-0.15, -0.1) is 0 Å². The van der Waals surface area contributed by atoms with E-state index in [2.05, 4.69) is 10.0 Å². The van der Waals surface area contributed by atoms with E-state index in [0.29, 0.717) is 0 Å². The minimum atomic E-state index is -3.90. The number of carbonyl (C=O) groups is 1. The zero-order valence-electron chi connectivity index (χ0n) is 18.6. The molecule has 0 bridgehead atoms. The molecule has 3 aromatic carbocycles. The molecule has 7 heteroatoms. The van der Waals surface area contributed by atoms with E-state index in [1.54, 1.807) is 26.8 Å². The summed E-state index contributed by atoms with van der Waals surface area (Å²) in [7, 11) is -2.51. The van der Waals surface area contributed by atoms with Crippen LogP contribution in [0.15, 0.2) is 83.8 Å². The molecule has 32 heavy (non-hydrogen) atoms. The van der Waals surface area contributed by atoms with E-state index in [9.17, 15) is 13.2 Å². The summed E-state index contributed by atoms with van der Waals surface area (Å²) in [5, 5.41) is 3.04. The van der Waals surface area contributed by atoms with Gasteiger partial charge in [0.25, 0.3) is 5.91 Å². The first-order valence-corrected chi connectivity index (χ1v) is 11.7. The zero-order chi connectivity index (χ0) is 23.4. The van der Waals surface area contributed by atoms with Crippen molar-refractivity contribution in [2.45, 2.75) is 37.2 Å². The molecule has 168 valence electrons. The molecule has 0 aliphatic rings. The Morgan fingerprint density at radius 3 is 1.88 bits per heavy atom. The first-order valence-electron chi connectivity index (χ1n) is 10.2. The number of carbonyl (C=O) groups excluding carboxylic acids is 1. The van der Waals surface area contributed by atoms with Crippen molar-refractivity contribution in [3.05, 3.63) is 95.6 Å². The lowest BCUT2D eigenvalue weighted by atomic mass is 9.98. The van der Waals surface area contributed by atoms with Crippen LogP contribution in [-0.4, -0.2) is 27.0 Å². The van der Waals surface area contributed by atoms with Crippen LogP contribution in [0.25, 0.3) is 0 Å². The molecule has 2 N–H and O–H groups in total. The lowest BCUT2D eigenvalue weighted by molar-refractivity contribution is 0.0942. The van der Waals surface area contributed by atoms with Gasteiger partial charge in [0.2, 0.25) is 10.0 Å². The Hall–Kier alpha value is -3.16. The van der Waals surface area contributed by atoms with Gasteiger partial charge in [-0.1, -0.05) is 60.7 Å². The Kier molecular flexibility index (Phi) is 7.01. The standard InChI is InChI=1S/C25H28N2O4S/c1-25(2,3)27-32(29,30)22-17-20(15-16-21(22)31-4)24(28)26-23(18-11-7-5-8-12-18)19-13-9-6-10-14-19/h5-17,23,27H,1-4H3,(H,26,28). The van der Waals surface area contributed by atoms with Crippen molar-refractivity contribution in [2.75, 3.05) is 7.11 Å². The van der Waals surface area contributed by atoms with Crippen LogP contribution in [0.2, 0.25) is 0 Å². The third kappa shape index (κ3) is 5.75. The molecule has 1 amide bonds. The summed E-state index contributed by atoms with van der Waals surface area (Å²) in [4.78, 5) is 13.1. The quantitative estimate of drug-likeness (QED) is 0.560. The maximum atomic E-state index is 13.2. The van der Waals surface area contributed by atoms with Gasteiger partial charge in [-0.2, -0.15) is 0 Å². The second-order valence-corrected chi connectivity index (χ2v) is 10.1. The van der Waals surface area contributed by atoms with Gasteiger partial charge < -0.3 is 10.1 Å². The molecule has 3 aromatic rings. The number of benzene rings is 3. The summed E-state index contributed by atoms with van der Waals surface area (Å²) in [5.74, 6) is -0.224. The molecule has 0 saturated carbocycles. The molecule has 0 heterocycles. The van der Waals surface area contributed by atoms with Crippen LogP contribution in [0.4, 0.5) is 0 Å². The maximum absolute atomic E-state index is 13.2. The number of amides is 1. The number of hydrogen-bond acceptors (Lipinski definition) is 4. The van der Waals surface area contributed by atoms with Crippen LogP contribution < -0.4 is 14.8 Å². The van der Waals surface area contributed by atoms with Crippen LogP contribution in [0, 0.1) is 0 Å². The van der Waals surface area contributed by atoms with E-state index in [-0.39, 0.29) is 22.3 Å². The van der Waals surface area contributed by atoms with Gasteiger partial charge in [0.1, 0.15) is 10.6 Å². The summed E-state index contributed by atoms with van der Waals surface area (Å²) in [5.41, 5.74) is 1.37. The highest BCUT2D eigenvalue weighted by Crippen LogP contribution is 2.27. The number of methoxy groups -OCH3 is 1. The molecule has 6 nitrogen and oxygen atoms in total. The fourth-order valence-electron chi connectivity index (χ4n) is 3.35. The molecular formula is C25H28N2O4S. The van der Waals surface area contributed by atoms with E-state index in [0.717, 1.165) is 11.1 Å². The van der Waals surface area contributed by atoms with Crippen LogP contribution in [0.3, 0.4) is 0 Å². The predicted molar refractivity (Wildman–Crippen MR) is 125 cm³/mol. The number of sulfonamides is 1. The molecule has 0 spiro atoms. The Labute approximate surface area is 189 Å². The average molecular weight is 453 g/mol. The predicted octanol–water partition coefficient (Wildman–Crippen LogP) is 4.29. The highest BCUT2D eigenvalue weighted by atomic mass is 32.2. The molecule has 0 atom stereocenters. The molecular weight excluding hydrogens is 424 g/mol. The second kappa shape index (κ2) is 9.54. The average Bonchev–Trinajstić information content (AvgIpc) is 2.76. The fraction of sp³-hybridized carbons (Fsp3) is 0.240. The third-order valence-electron chi connectivity index (χ3n) is 4.70. The number of ether oxygens (including phenoxy) is 1. The Morgan fingerprint density at radius 2 is 1.41 bits per heavy atom. The van der Waals surface area contributed by atoms with Crippen molar-refractivity contribution in [2.24, 2.45) is 0 Å². The van der Waals surface area contributed by atoms with Gasteiger partial charge in [0, 0.05) is 11.1 Å². The van der Waals surface area contributed by atoms with E-state index in [1.807, 2.05) is 60.7 Å². The largest absolute Gasteiger partial charge is 0.495 e. The van der Waals surface area contributed by atoms with Gasteiger partial charge in [-0.05, 0) is 50.1 Å². The Morgan fingerprint density at radius 1 is 0.875 bits per heavy atom. The van der Waals surface area contributed by atoms with Crippen molar-refractivity contribution < 1.29 is 17.9 Å². The molecule has 0 aliphatic heterocycles. The van der Waals surface area contributed by atoms with Crippen LogP contribution in [0.1, 0.15) is 48.3 Å². The summed E-state index contributed by atoms with van der Waals surface area (Å²) < 4.78 is 33.7. The molecule has 0 radical (unpaired) electrons. The summed E-state index contributed by atoms with van der Waals surface area (Å²) in [6, 6.07) is 23.2. The van der Waals surface area contributed by atoms with Gasteiger partial charge in [0.05, 0.1) is 13.2 Å². The van der Waals surface area contributed by atoms with Gasteiger partial charge in [0.15, 0.2) is 0 Å². The van der Waals surface area contributed by atoms with E-state index < -0.39 is 21.5 Å². The molecule has 0 fully saturated rings. The minimum Gasteiger partial charge on any atom is -0.495 e. The highest BCUT2D eigenvalue weighted by molar-refractivity contribution is 7.89. The smallest absolute Gasteiger partial charge is 0.252 e. The van der Waals surface area contributed by atoms with Gasteiger partial charge >= 0.3 is 0 Å². The molecule has 0 aliphatic carbocycles. The van der Waals surface area contributed by atoms with Crippen LogP contribution in [-0.2, 0) is 10.0 Å². The first-order chi connectivity index (χ1) is 15.1. The monoisotopic (exact) mass is 452 g/mol. The van der Waals surface area contributed by atoms with Crippen LogP contribution >= 0.6 is 0 Å². The number of nitrogens with one attached hydrogen (secondary N) is 2. The Balaban J connectivity index is 1.98. The first kappa shape index (κ1) is 23.5. The summed E-state index contributed by atoms with van der Waals surface area (Å²) in [6.45, 7) is 5.24. The molecule has 0 saturated heterocycles. The van der Waals surface area contributed by atoms with Gasteiger partial charge in [-0.25, -0.2) is 13.1 Å². The fourth-order valence-corrected chi connectivity index (χ4v) is 4.97. The maximum Gasteiger partial charge on any atom is 0.252 e. The topological polar surface area (TPSA) is 84.5 Å². The number of hydrogen-bond donors (Lipinski definition) is 2. The van der Waals surface area contributed by atoms with E-state index >= 15 is 0 Å². The summed E-state index contributed by atoms with van der Waals surface area (Å²) >= 11 is 0. The molecule has 0 unspecified atom stereocenters. The SMILES string of the molecule is COc1ccc(C(=O)NC(c2ccccc2)c2ccccc2)cc1S(=O)(=O)NC(C)(C)C. The molecule has 0 aromatic heterocycles. The second-order valence-electron chi connectivity index (χ2n) is 8.45. The summed E-state index contributed by atoms with van der Waals surface area (Å²) in [6.07, 6.45) is 0. The Bertz CT molecular complexity index is 1130. The van der Waals surface area contributed by atoms with Crippen molar-refractivity contribution in [3.63, 3.8) is 0 Å². The van der Waals surface area contributed by atoms with Crippen LogP contribution in [0.5, 0.6) is 5.75 Å². The van der Waals surface area contributed by atoms with E-state index in [4.69, 9.17) is 4.74 Å². The minimum absolute atomic E-state index is 0.0847. The lowest BCUT2D eigenvalue weighted by Gasteiger charge is -2.22. The van der Waals surface area contributed by atoms with Crippen molar-refractivity contribution >= 4 is 15.9 Å².